The molecule has 2 fully saturated rings. The highest BCUT2D eigenvalue weighted by atomic mass is 32.2. The second-order valence-electron chi connectivity index (χ2n) is 9.36. The fourth-order valence-electron chi connectivity index (χ4n) is 5.05. The number of nitrogens with zero attached hydrogens (tertiary/aromatic N) is 3. The number of sulfone groups is 1. The molecule has 0 spiro atoms. The number of hydrogen-bond acceptors (Lipinski definition) is 6. The van der Waals surface area contributed by atoms with Crippen molar-refractivity contribution in [2.24, 2.45) is 0 Å². The Labute approximate surface area is 197 Å². The third-order valence-corrected chi connectivity index (χ3v) is 9.79. The monoisotopic (exact) mass is 482 g/mol. The maximum absolute atomic E-state index is 13.6. The first-order valence-corrected chi connectivity index (χ1v) is 14.3. The summed E-state index contributed by atoms with van der Waals surface area (Å²) < 4.78 is 26.0. The van der Waals surface area contributed by atoms with Crippen molar-refractivity contribution < 1.29 is 13.2 Å². The summed E-state index contributed by atoms with van der Waals surface area (Å²) in [5, 5.41) is 8.70. The zero-order valence-electron chi connectivity index (χ0n) is 18.5. The van der Waals surface area contributed by atoms with Crippen LogP contribution >= 0.6 is 11.8 Å². The zero-order valence-corrected chi connectivity index (χ0v) is 20.1. The van der Waals surface area contributed by atoms with Crippen molar-refractivity contribution in [2.45, 2.75) is 55.5 Å². The Morgan fingerprint density at radius 2 is 2.00 bits per heavy atom. The highest BCUT2D eigenvalue weighted by molar-refractivity contribution is 7.99. The van der Waals surface area contributed by atoms with Crippen molar-refractivity contribution in [1.29, 1.82) is 0 Å². The molecule has 9 heteroatoms. The number of rotatable bonds is 4. The Morgan fingerprint density at radius 1 is 1.18 bits per heavy atom. The maximum atomic E-state index is 13.6. The van der Waals surface area contributed by atoms with E-state index >= 15 is 0 Å². The van der Waals surface area contributed by atoms with Crippen LogP contribution in [0.2, 0.25) is 0 Å². The summed E-state index contributed by atoms with van der Waals surface area (Å²) in [7, 11) is -3.06. The highest BCUT2D eigenvalue weighted by Crippen LogP contribution is 2.41. The van der Waals surface area contributed by atoms with Gasteiger partial charge in [0.1, 0.15) is 0 Å². The molecule has 1 saturated carbocycles. The molecular formula is C24H26N4O3S2. The molecule has 0 radical (unpaired) electrons. The zero-order chi connectivity index (χ0) is 22.7. The molecule has 6 rings (SSSR count). The number of hydrogen-bond donors (Lipinski definition) is 1. The van der Waals surface area contributed by atoms with Crippen molar-refractivity contribution in [3.8, 4) is 0 Å². The summed E-state index contributed by atoms with van der Waals surface area (Å²) in [6, 6.07) is 9.92. The van der Waals surface area contributed by atoms with Crippen LogP contribution in [-0.2, 0) is 9.84 Å². The number of nitrogens with one attached hydrogen (secondary N) is 1. The lowest BCUT2D eigenvalue weighted by molar-refractivity contribution is 0.0936. The summed E-state index contributed by atoms with van der Waals surface area (Å²) in [5.74, 6) is 1.47. The molecule has 1 saturated heterocycles. The van der Waals surface area contributed by atoms with Crippen molar-refractivity contribution in [3.05, 3.63) is 52.8 Å². The molecule has 1 N–H and O–H groups in total. The first kappa shape index (κ1) is 21.2. The fourth-order valence-corrected chi connectivity index (χ4v) is 7.87. The van der Waals surface area contributed by atoms with E-state index in [1.165, 1.54) is 10.5 Å². The molecule has 1 aromatic carbocycles. The van der Waals surface area contributed by atoms with E-state index in [-0.39, 0.29) is 29.5 Å². The van der Waals surface area contributed by atoms with Gasteiger partial charge in [0.25, 0.3) is 5.91 Å². The minimum Gasteiger partial charge on any atom is -0.345 e. The normalized spacial score (nSPS) is 24.0. The third-order valence-electron chi connectivity index (χ3n) is 6.92. The Kier molecular flexibility index (Phi) is 5.03. The number of pyridine rings is 1. The Balaban J connectivity index is 1.41. The minimum atomic E-state index is -3.06. The smallest absolute Gasteiger partial charge is 0.252 e. The number of carbonyl (C=O) groups is 1. The topological polar surface area (TPSA) is 93.9 Å². The van der Waals surface area contributed by atoms with Crippen LogP contribution in [0.25, 0.3) is 11.0 Å². The van der Waals surface area contributed by atoms with Gasteiger partial charge in [-0.2, -0.15) is 5.10 Å². The van der Waals surface area contributed by atoms with Gasteiger partial charge in [-0.1, -0.05) is 18.2 Å². The van der Waals surface area contributed by atoms with Crippen LogP contribution in [0.4, 0.5) is 0 Å². The Morgan fingerprint density at radius 3 is 2.76 bits per heavy atom. The molecule has 2 atom stereocenters. The second kappa shape index (κ2) is 7.84. The molecule has 172 valence electrons. The van der Waals surface area contributed by atoms with E-state index in [9.17, 15) is 13.2 Å². The van der Waals surface area contributed by atoms with Crippen LogP contribution in [0.5, 0.6) is 0 Å². The van der Waals surface area contributed by atoms with E-state index in [2.05, 4.69) is 17.4 Å². The summed E-state index contributed by atoms with van der Waals surface area (Å²) in [6.45, 7) is 1.88. The van der Waals surface area contributed by atoms with Crippen LogP contribution in [0.1, 0.15) is 71.0 Å². The van der Waals surface area contributed by atoms with Crippen LogP contribution in [0.3, 0.4) is 0 Å². The molecule has 1 amide bonds. The molecular weight excluding hydrogens is 456 g/mol. The Hall–Kier alpha value is -2.39. The van der Waals surface area contributed by atoms with E-state index in [4.69, 9.17) is 10.1 Å². The molecule has 2 unspecified atom stereocenters. The average molecular weight is 483 g/mol. The number of amides is 1. The fraction of sp³-hybridized carbons (Fsp3) is 0.458. The van der Waals surface area contributed by atoms with E-state index in [1.54, 1.807) is 4.68 Å². The van der Waals surface area contributed by atoms with Crippen molar-refractivity contribution in [1.82, 2.24) is 20.1 Å². The lowest BCUT2D eigenvalue weighted by Gasteiger charge is -2.26. The van der Waals surface area contributed by atoms with E-state index in [0.717, 1.165) is 36.1 Å². The Bertz CT molecular complexity index is 1380. The number of benzene rings is 1. The van der Waals surface area contributed by atoms with Crippen LogP contribution < -0.4 is 5.32 Å². The van der Waals surface area contributed by atoms with Crippen LogP contribution in [0, 0.1) is 6.92 Å². The highest BCUT2D eigenvalue weighted by Gasteiger charge is 2.34. The average Bonchev–Trinajstić information content (AvgIpc) is 3.52. The largest absolute Gasteiger partial charge is 0.345 e. The van der Waals surface area contributed by atoms with Crippen molar-refractivity contribution in [2.75, 3.05) is 17.3 Å². The first-order valence-electron chi connectivity index (χ1n) is 11.5. The molecule has 2 aromatic heterocycles. The summed E-state index contributed by atoms with van der Waals surface area (Å²) in [6.07, 6.45) is 3.55. The van der Waals surface area contributed by atoms with Crippen LogP contribution in [-0.4, -0.2) is 46.3 Å². The predicted molar refractivity (Wildman–Crippen MR) is 129 cm³/mol. The number of thioether (sulfide) groups is 1. The van der Waals surface area contributed by atoms with Gasteiger partial charge in [-0.3, -0.25) is 4.79 Å². The number of aromatic nitrogens is 3. The minimum absolute atomic E-state index is 0.0298. The SMILES string of the molecule is Cc1nn(C2CCS(=O)(=O)C2)c2nc(C3CC3)cc(C(=O)NC3CCSc4ccccc43)c12. The molecule has 7 nitrogen and oxygen atoms in total. The third kappa shape index (κ3) is 3.85. The maximum Gasteiger partial charge on any atom is 0.252 e. The number of aryl methyl sites for hydroxylation is 1. The summed E-state index contributed by atoms with van der Waals surface area (Å²) in [4.78, 5) is 19.8. The predicted octanol–water partition coefficient (Wildman–Crippen LogP) is 3.94. The molecule has 3 aliphatic rings. The lowest BCUT2D eigenvalue weighted by atomic mass is 10.0. The lowest BCUT2D eigenvalue weighted by Crippen LogP contribution is -2.31. The molecule has 0 bridgehead atoms. The molecule has 33 heavy (non-hydrogen) atoms. The van der Waals surface area contributed by atoms with Gasteiger partial charge in [-0.15, -0.1) is 11.8 Å². The standard InChI is InChI=1S/C24H26N4O3S2/c1-14-22-18(24(29)26-19-8-10-32-21-5-3-2-4-17(19)21)12-20(15-6-7-15)25-23(22)28(27-14)16-9-11-33(30,31)13-16/h2-5,12,15-16,19H,6-11,13H2,1H3,(H,26,29). The first-order chi connectivity index (χ1) is 15.9. The van der Waals surface area contributed by atoms with Crippen molar-refractivity contribution >= 4 is 38.5 Å². The molecule has 3 aromatic rings. The van der Waals surface area contributed by atoms with Gasteiger partial charge in [0.2, 0.25) is 0 Å². The number of carbonyl (C=O) groups excluding carboxylic acids is 1. The molecule has 4 heterocycles. The molecule has 2 aliphatic heterocycles. The van der Waals surface area contributed by atoms with Crippen molar-refractivity contribution in [3.63, 3.8) is 0 Å². The summed E-state index contributed by atoms with van der Waals surface area (Å²) in [5.41, 5.74) is 4.03. The van der Waals surface area contributed by atoms with Gasteiger partial charge in [0.15, 0.2) is 15.5 Å². The van der Waals surface area contributed by atoms with Gasteiger partial charge in [-0.25, -0.2) is 18.1 Å². The van der Waals surface area contributed by atoms with Gasteiger partial charge in [0.05, 0.1) is 40.2 Å². The van der Waals surface area contributed by atoms with Gasteiger partial charge < -0.3 is 5.32 Å². The molecule has 1 aliphatic carbocycles. The van der Waals surface area contributed by atoms with Gasteiger partial charge in [-0.05, 0) is 50.3 Å². The van der Waals surface area contributed by atoms with Gasteiger partial charge >= 0.3 is 0 Å². The number of fused-ring (bicyclic) bond motifs is 2. The van der Waals surface area contributed by atoms with E-state index < -0.39 is 9.84 Å². The van der Waals surface area contributed by atoms with Crippen LogP contribution in [0.15, 0.2) is 35.2 Å². The summed E-state index contributed by atoms with van der Waals surface area (Å²) >= 11 is 1.83. The van der Waals surface area contributed by atoms with Gasteiger partial charge in [0, 0.05) is 22.3 Å². The second-order valence-corrected chi connectivity index (χ2v) is 12.7. The van der Waals surface area contributed by atoms with E-state index in [0.29, 0.717) is 29.2 Å². The quantitative estimate of drug-likeness (QED) is 0.605. The van der Waals surface area contributed by atoms with E-state index in [1.807, 2.05) is 36.9 Å².